The Morgan fingerprint density at radius 2 is 2.31 bits per heavy atom. The fraction of sp³-hybridized carbons (Fsp3) is 0.273. The van der Waals surface area contributed by atoms with Gasteiger partial charge in [0.25, 0.3) is 0 Å². The van der Waals surface area contributed by atoms with Gasteiger partial charge in [0.2, 0.25) is 0 Å². The summed E-state index contributed by atoms with van der Waals surface area (Å²) in [6, 6.07) is 5.18. The molecule has 2 rings (SSSR count). The molecule has 0 aromatic heterocycles. The van der Waals surface area contributed by atoms with Gasteiger partial charge in [-0.2, -0.15) is 0 Å². The number of nitrogens with one attached hydrogen (secondary N) is 1. The average Bonchev–Trinajstić information content (AvgIpc) is 2.60. The Kier molecular flexibility index (Phi) is 2.52. The summed E-state index contributed by atoms with van der Waals surface area (Å²) in [6.45, 7) is 0.189. The minimum atomic E-state index is -0.569. The molecular formula is C11H12N2O3. The molecule has 1 aliphatic rings. The van der Waals surface area contributed by atoms with Crippen molar-refractivity contribution in [3.8, 4) is 5.75 Å². The van der Waals surface area contributed by atoms with Crippen molar-refractivity contribution in [3.05, 3.63) is 23.8 Å². The molecule has 1 aromatic rings. The number of rotatable bonds is 2. The third-order valence-corrected chi connectivity index (χ3v) is 2.62. The molecule has 1 fully saturated rings. The Morgan fingerprint density at radius 3 is 2.81 bits per heavy atom. The first-order valence-corrected chi connectivity index (χ1v) is 4.82. The lowest BCUT2D eigenvalue weighted by Gasteiger charge is -2.11. The molecule has 3 N–H and O–H groups in total. The predicted octanol–water partition coefficient (Wildman–Crippen LogP) is 0.938. The number of ether oxygens (including phenoxy) is 2. The first kappa shape index (κ1) is 10.5. The molecule has 1 atom stereocenters. The summed E-state index contributed by atoms with van der Waals surface area (Å²) < 4.78 is 9.82. The summed E-state index contributed by atoms with van der Waals surface area (Å²) in [5.74, 6) is -0.281. The van der Waals surface area contributed by atoms with Gasteiger partial charge in [0.1, 0.15) is 18.1 Å². The average molecular weight is 220 g/mol. The highest BCUT2D eigenvalue weighted by Gasteiger charge is 2.33. The molecule has 0 unspecified atom stereocenters. The monoisotopic (exact) mass is 220 g/mol. The number of hydrogen-bond donors (Lipinski definition) is 2. The van der Waals surface area contributed by atoms with Crippen molar-refractivity contribution in [1.82, 2.24) is 0 Å². The Hall–Kier alpha value is -2.04. The molecule has 1 heterocycles. The first-order chi connectivity index (χ1) is 7.63. The Morgan fingerprint density at radius 1 is 1.56 bits per heavy atom. The summed E-state index contributed by atoms with van der Waals surface area (Å²) in [4.78, 5) is 11.1. The number of nitrogen functional groups attached to an aromatic ring is 1. The van der Waals surface area contributed by atoms with E-state index >= 15 is 0 Å². The molecule has 5 nitrogen and oxygen atoms in total. The van der Waals surface area contributed by atoms with Crippen molar-refractivity contribution >= 4 is 17.4 Å². The van der Waals surface area contributed by atoms with Crippen LogP contribution in [-0.4, -0.2) is 25.4 Å². The zero-order valence-electron chi connectivity index (χ0n) is 8.82. The highest BCUT2D eigenvalue weighted by Crippen LogP contribution is 2.30. The summed E-state index contributed by atoms with van der Waals surface area (Å²) >= 11 is 0. The Bertz CT molecular complexity index is 457. The van der Waals surface area contributed by atoms with E-state index in [1.54, 1.807) is 25.3 Å². The van der Waals surface area contributed by atoms with E-state index in [1.807, 2.05) is 0 Å². The second-order valence-corrected chi connectivity index (χ2v) is 3.56. The van der Waals surface area contributed by atoms with E-state index in [-0.39, 0.29) is 18.2 Å². The lowest BCUT2D eigenvalue weighted by molar-refractivity contribution is -0.132. The van der Waals surface area contributed by atoms with Crippen LogP contribution in [0.25, 0.3) is 0 Å². The van der Waals surface area contributed by atoms with Crippen LogP contribution in [-0.2, 0) is 9.53 Å². The number of nitrogens with two attached hydrogens (primary N) is 1. The van der Waals surface area contributed by atoms with Gasteiger partial charge in [-0.15, -0.1) is 0 Å². The molecule has 5 heteroatoms. The van der Waals surface area contributed by atoms with Gasteiger partial charge in [0.05, 0.1) is 13.0 Å². The van der Waals surface area contributed by atoms with Crippen molar-refractivity contribution in [2.24, 2.45) is 0 Å². The number of anilines is 1. The van der Waals surface area contributed by atoms with Crippen LogP contribution in [0.2, 0.25) is 0 Å². The molecule has 1 aromatic carbocycles. The van der Waals surface area contributed by atoms with Crippen LogP contribution in [0.3, 0.4) is 0 Å². The van der Waals surface area contributed by atoms with Crippen LogP contribution >= 0.6 is 0 Å². The Labute approximate surface area is 92.7 Å². The number of esters is 1. The van der Waals surface area contributed by atoms with E-state index in [1.165, 1.54) is 0 Å². The zero-order chi connectivity index (χ0) is 11.7. The normalized spacial score (nSPS) is 19.7. The number of cyclic esters (lactones) is 1. The van der Waals surface area contributed by atoms with Crippen LogP contribution in [0.5, 0.6) is 5.75 Å². The minimum absolute atomic E-state index is 0.0446. The van der Waals surface area contributed by atoms with E-state index in [2.05, 4.69) is 0 Å². The topological polar surface area (TPSA) is 85.4 Å². The predicted molar refractivity (Wildman–Crippen MR) is 58.8 cm³/mol. The molecular weight excluding hydrogens is 208 g/mol. The lowest BCUT2D eigenvalue weighted by atomic mass is 9.95. The maximum atomic E-state index is 11.1. The summed E-state index contributed by atoms with van der Waals surface area (Å²) in [5, 5.41) is 7.58. The number of carbonyl (C=O) groups is 1. The molecule has 0 aliphatic carbocycles. The number of benzene rings is 1. The Balaban J connectivity index is 2.34. The van der Waals surface area contributed by atoms with E-state index in [9.17, 15) is 4.79 Å². The van der Waals surface area contributed by atoms with E-state index < -0.39 is 5.97 Å². The number of methoxy groups -OCH3 is 1. The molecule has 0 bridgehead atoms. The van der Waals surface area contributed by atoms with E-state index in [0.29, 0.717) is 11.4 Å². The zero-order valence-corrected chi connectivity index (χ0v) is 8.82. The summed E-state index contributed by atoms with van der Waals surface area (Å²) in [5.41, 5.74) is 7.04. The van der Waals surface area contributed by atoms with Crippen LogP contribution < -0.4 is 10.5 Å². The molecule has 1 saturated heterocycles. The molecule has 84 valence electrons. The van der Waals surface area contributed by atoms with Gasteiger partial charge in [0.15, 0.2) is 0 Å². The molecule has 0 saturated carbocycles. The molecule has 0 spiro atoms. The number of hydrogen-bond acceptors (Lipinski definition) is 5. The molecule has 0 amide bonds. The maximum absolute atomic E-state index is 11.1. The molecule has 0 radical (unpaired) electrons. The lowest BCUT2D eigenvalue weighted by Crippen LogP contribution is -2.13. The van der Waals surface area contributed by atoms with Crippen LogP contribution in [0.1, 0.15) is 11.5 Å². The molecule has 1 aliphatic heterocycles. The third kappa shape index (κ3) is 1.60. The van der Waals surface area contributed by atoms with E-state index in [0.717, 1.165) is 5.56 Å². The van der Waals surface area contributed by atoms with Crippen molar-refractivity contribution in [2.75, 3.05) is 19.5 Å². The standard InChI is InChI=1S/C11H12N2O3/c1-15-6-2-3-7(9(12)4-6)8-5-16-11(14)10(8)13/h2-4,8,13H,5,12H2,1H3/t8-/m1/s1. The van der Waals surface area contributed by atoms with Crippen molar-refractivity contribution in [1.29, 1.82) is 5.41 Å². The van der Waals surface area contributed by atoms with E-state index in [4.69, 9.17) is 20.6 Å². The van der Waals surface area contributed by atoms with Gasteiger partial charge in [-0.05, 0) is 11.6 Å². The van der Waals surface area contributed by atoms with Gasteiger partial charge >= 0.3 is 5.97 Å². The molecule has 16 heavy (non-hydrogen) atoms. The van der Waals surface area contributed by atoms with Crippen LogP contribution in [0.15, 0.2) is 18.2 Å². The second kappa shape index (κ2) is 3.84. The highest BCUT2D eigenvalue weighted by molar-refractivity contribution is 6.39. The van der Waals surface area contributed by atoms with Crippen molar-refractivity contribution in [2.45, 2.75) is 5.92 Å². The summed E-state index contributed by atoms with van der Waals surface area (Å²) in [7, 11) is 1.55. The summed E-state index contributed by atoms with van der Waals surface area (Å²) in [6.07, 6.45) is 0. The third-order valence-electron chi connectivity index (χ3n) is 2.62. The first-order valence-electron chi connectivity index (χ1n) is 4.82. The van der Waals surface area contributed by atoms with Gasteiger partial charge in [-0.3, -0.25) is 5.41 Å². The number of carbonyl (C=O) groups excluding carboxylic acids is 1. The van der Waals surface area contributed by atoms with Crippen LogP contribution in [0.4, 0.5) is 5.69 Å². The van der Waals surface area contributed by atoms with Gasteiger partial charge < -0.3 is 15.2 Å². The SMILES string of the molecule is COc1ccc([C@H]2COC(=O)C2=N)c(N)c1. The van der Waals surface area contributed by atoms with Crippen molar-refractivity contribution < 1.29 is 14.3 Å². The second-order valence-electron chi connectivity index (χ2n) is 3.56. The van der Waals surface area contributed by atoms with Crippen LogP contribution in [0, 0.1) is 5.41 Å². The fourth-order valence-electron chi connectivity index (χ4n) is 1.70. The van der Waals surface area contributed by atoms with Gasteiger partial charge in [0, 0.05) is 11.8 Å². The quantitative estimate of drug-likeness (QED) is 0.573. The fourth-order valence-corrected chi connectivity index (χ4v) is 1.70. The highest BCUT2D eigenvalue weighted by atomic mass is 16.5. The largest absolute Gasteiger partial charge is 0.497 e. The minimum Gasteiger partial charge on any atom is -0.497 e. The maximum Gasteiger partial charge on any atom is 0.352 e. The van der Waals surface area contributed by atoms with Gasteiger partial charge in [-0.25, -0.2) is 4.79 Å². The smallest absolute Gasteiger partial charge is 0.352 e. The van der Waals surface area contributed by atoms with Crippen molar-refractivity contribution in [3.63, 3.8) is 0 Å². The van der Waals surface area contributed by atoms with Gasteiger partial charge in [-0.1, -0.05) is 6.07 Å².